The predicted molar refractivity (Wildman–Crippen MR) is 110 cm³/mol. The summed E-state index contributed by atoms with van der Waals surface area (Å²) >= 11 is 0. The molecule has 1 aromatic heterocycles. The lowest BCUT2D eigenvalue weighted by molar-refractivity contribution is 0.102. The minimum Gasteiger partial charge on any atom is -0.494 e. The van der Waals surface area contributed by atoms with Crippen LogP contribution in [0, 0.1) is 6.92 Å². The Morgan fingerprint density at radius 1 is 1.07 bits per heavy atom. The number of carbonyl (C=O) groups excluding carboxylic acids is 1. The molecule has 1 N–H and O–H groups in total. The minimum atomic E-state index is -0.188. The number of carbonyl (C=O) groups is 1. The summed E-state index contributed by atoms with van der Waals surface area (Å²) in [4.78, 5) is 17.0. The Kier molecular flexibility index (Phi) is 4.81. The second kappa shape index (κ2) is 7.56. The van der Waals surface area contributed by atoms with Crippen molar-refractivity contribution in [3.8, 4) is 17.2 Å². The largest absolute Gasteiger partial charge is 0.494 e. The molecule has 140 valence electrons. The lowest BCUT2D eigenvalue weighted by Crippen LogP contribution is -2.11. The van der Waals surface area contributed by atoms with Gasteiger partial charge in [0, 0.05) is 16.8 Å². The summed E-state index contributed by atoms with van der Waals surface area (Å²) in [6.07, 6.45) is 0. The zero-order valence-corrected chi connectivity index (χ0v) is 15.7. The number of benzene rings is 3. The number of aryl methyl sites for hydroxylation is 1. The van der Waals surface area contributed by atoms with Gasteiger partial charge in [-0.1, -0.05) is 12.1 Å². The Morgan fingerprint density at radius 2 is 1.89 bits per heavy atom. The number of fused-ring (bicyclic) bond motifs is 1. The highest BCUT2D eigenvalue weighted by Crippen LogP contribution is 2.26. The summed E-state index contributed by atoms with van der Waals surface area (Å²) in [5, 5.41) is 2.89. The van der Waals surface area contributed by atoms with Crippen LogP contribution < -0.4 is 10.1 Å². The van der Waals surface area contributed by atoms with Crippen molar-refractivity contribution in [2.75, 3.05) is 11.9 Å². The standard InChI is InChI=1S/C23H20N2O3/c1-3-27-19-6-4-5-17(14-19)22(26)24-18-10-8-16(9-11-18)23-25-20-13-15(2)7-12-21(20)28-23/h4-14H,3H2,1-2H3,(H,24,26). The summed E-state index contributed by atoms with van der Waals surface area (Å²) in [7, 11) is 0. The average Bonchev–Trinajstić information content (AvgIpc) is 3.12. The van der Waals surface area contributed by atoms with Gasteiger partial charge in [0.1, 0.15) is 11.3 Å². The molecule has 0 unspecified atom stereocenters. The van der Waals surface area contributed by atoms with Crippen LogP contribution in [0.5, 0.6) is 5.75 Å². The van der Waals surface area contributed by atoms with E-state index in [1.54, 1.807) is 18.2 Å². The molecule has 0 aliphatic carbocycles. The molecule has 0 aliphatic heterocycles. The van der Waals surface area contributed by atoms with Gasteiger partial charge in [0.2, 0.25) is 5.89 Å². The third kappa shape index (κ3) is 3.74. The number of nitrogens with zero attached hydrogens (tertiary/aromatic N) is 1. The number of oxazole rings is 1. The van der Waals surface area contributed by atoms with E-state index >= 15 is 0 Å². The van der Waals surface area contributed by atoms with Gasteiger partial charge in [0.05, 0.1) is 6.61 Å². The highest BCUT2D eigenvalue weighted by atomic mass is 16.5. The summed E-state index contributed by atoms with van der Waals surface area (Å²) in [6, 6.07) is 20.5. The van der Waals surface area contributed by atoms with Gasteiger partial charge in [0.15, 0.2) is 5.58 Å². The Balaban J connectivity index is 1.51. The number of nitrogens with one attached hydrogen (secondary N) is 1. The van der Waals surface area contributed by atoms with Gasteiger partial charge in [-0.3, -0.25) is 4.79 Å². The third-order valence-corrected chi connectivity index (χ3v) is 4.34. The first-order valence-corrected chi connectivity index (χ1v) is 9.14. The van der Waals surface area contributed by atoms with Crippen LogP contribution in [0.1, 0.15) is 22.8 Å². The van der Waals surface area contributed by atoms with Crippen molar-refractivity contribution in [2.45, 2.75) is 13.8 Å². The molecule has 0 spiro atoms. The number of aromatic nitrogens is 1. The molecular formula is C23H20N2O3. The van der Waals surface area contributed by atoms with Crippen molar-refractivity contribution >= 4 is 22.7 Å². The zero-order valence-electron chi connectivity index (χ0n) is 15.7. The normalized spacial score (nSPS) is 10.8. The molecule has 1 amide bonds. The maximum Gasteiger partial charge on any atom is 0.255 e. The summed E-state index contributed by atoms with van der Waals surface area (Å²) in [5.74, 6) is 1.05. The highest BCUT2D eigenvalue weighted by molar-refractivity contribution is 6.04. The van der Waals surface area contributed by atoms with Crippen molar-refractivity contribution in [2.24, 2.45) is 0 Å². The quantitative estimate of drug-likeness (QED) is 0.506. The van der Waals surface area contributed by atoms with E-state index in [0.29, 0.717) is 29.5 Å². The van der Waals surface area contributed by atoms with Gasteiger partial charge in [0.25, 0.3) is 5.91 Å². The Bertz CT molecular complexity index is 1130. The number of hydrogen-bond donors (Lipinski definition) is 1. The van der Waals surface area contributed by atoms with Gasteiger partial charge in [-0.25, -0.2) is 4.98 Å². The van der Waals surface area contributed by atoms with Gasteiger partial charge in [-0.15, -0.1) is 0 Å². The minimum absolute atomic E-state index is 0.188. The van der Waals surface area contributed by atoms with Crippen LogP contribution in [0.25, 0.3) is 22.6 Å². The second-order valence-electron chi connectivity index (χ2n) is 6.48. The monoisotopic (exact) mass is 372 g/mol. The molecule has 3 aromatic carbocycles. The number of ether oxygens (including phenoxy) is 1. The zero-order chi connectivity index (χ0) is 19.5. The van der Waals surface area contributed by atoms with Crippen molar-refractivity contribution in [1.82, 2.24) is 4.98 Å². The molecular weight excluding hydrogens is 352 g/mol. The molecule has 0 saturated heterocycles. The van der Waals surface area contributed by atoms with E-state index in [9.17, 15) is 4.79 Å². The molecule has 28 heavy (non-hydrogen) atoms. The molecule has 0 bridgehead atoms. The molecule has 4 rings (SSSR count). The van der Waals surface area contributed by atoms with Crippen molar-refractivity contribution < 1.29 is 13.9 Å². The first kappa shape index (κ1) is 17.8. The van der Waals surface area contributed by atoms with Crippen molar-refractivity contribution in [1.29, 1.82) is 0 Å². The number of amides is 1. The van der Waals surface area contributed by atoms with Crippen LogP contribution in [-0.2, 0) is 0 Å². The molecule has 5 heteroatoms. The maximum absolute atomic E-state index is 12.5. The van der Waals surface area contributed by atoms with Crippen molar-refractivity contribution in [3.05, 3.63) is 77.9 Å². The number of rotatable bonds is 5. The predicted octanol–water partition coefficient (Wildman–Crippen LogP) is 5.45. The Morgan fingerprint density at radius 3 is 2.68 bits per heavy atom. The average molecular weight is 372 g/mol. The lowest BCUT2D eigenvalue weighted by atomic mass is 10.1. The van der Waals surface area contributed by atoms with E-state index in [0.717, 1.165) is 22.2 Å². The maximum atomic E-state index is 12.5. The second-order valence-corrected chi connectivity index (χ2v) is 6.48. The highest BCUT2D eigenvalue weighted by Gasteiger charge is 2.10. The summed E-state index contributed by atoms with van der Waals surface area (Å²) in [5.41, 5.74) is 4.82. The Hall–Kier alpha value is -3.60. The van der Waals surface area contributed by atoms with Crippen molar-refractivity contribution in [3.63, 3.8) is 0 Å². The topological polar surface area (TPSA) is 64.4 Å². The van der Waals surface area contributed by atoms with Gasteiger partial charge in [-0.2, -0.15) is 0 Å². The molecule has 0 radical (unpaired) electrons. The van der Waals surface area contributed by atoms with Crippen LogP contribution in [0.2, 0.25) is 0 Å². The molecule has 5 nitrogen and oxygen atoms in total. The van der Waals surface area contributed by atoms with Crippen LogP contribution >= 0.6 is 0 Å². The van der Waals surface area contributed by atoms with Crippen LogP contribution in [0.15, 0.2) is 71.1 Å². The van der Waals surface area contributed by atoms with Gasteiger partial charge in [-0.05, 0) is 74.0 Å². The molecule has 1 heterocycles. The van der Waals surface area contributed by atoms with E-state index in [-0.39, 0.29) is 5.91 Å². The van der Waals surface area contributed by atoms with E-state index in [4.69, 9.17) is 9.15 Å². The smallest absolute Gasteiger partial charge is 0.255 e. The van der Waals surface area contributed by atoms with Crippen LogP contribution in [0.3, 0.4) is 0 Å². The van der Waals surface area contributed by atoms with Crippen LogP contribution in [-0.4, -0.2) is 17.5 Å². The molecule has 0 fully saturated rings. The molecule has 0 saturated carbocycles. The van der Waals surface area contributed by atoms with E-state index in [2.05, 4.69) is 10.3 Å². The number of hydrogen-bond acceptors (Lipinski definition) is 4. The summed E-state index contributed by atoms with van der Waals surface area (Å²) < 4.78 is 11.3. The fraction of sp³-hybridized carbons (Fsp3) is 0.130. The van der Waals surface area contributed by atoms with Gasteiger partial charge >= 0.3 is 0 Å². The molecule has 0 atom stereocenters. The van der Waals surface area contributed by atoms with E-state index in [1.807, 2.05) is 62.4 Å². The first-order chi connectivity index (χ1) is 13.6. The number of anilines is 1. The van der Waals surface area contributed by atoms with Crippen LogP contribution in [0.4, 0.5) is 5.69 Å². The SMILES string of the molecule is CCOc1cccc(C(=O)Nc2ccc(-c3nc4cc(C)ccc4o3)cc2)c1. The third-order valence-electron chi connectivity index (χ3n) is 4.34. The summed E-state index contributed by atoms with van der Waals surface area (Å²) in [6.45, 7) is 4.49. The van der Waals surface area contributed by atoms with E-state index < -0.39 is 0 Å². The van der Waals surface area contributed by atoms with E-state index in [1.165, 1.54) is 0 Å². The lowest BCUT2D eigenvalue weighted by Gasteiger charge is -2.08. The Labute approximate surface area is 163 Å². The first-order valence-electron chi connectivity index (χ1n) is 9.14. The fourth-order valence-electron chi connectivity index (χ4n) is 2.95. The fourth-order valence-corrected chi connectivity index (χ4v) is 2.95. The van der Waals surface area contributed by atoms with Gasteiger partial charge < -0.3 is 14.5 Å². The molecule has 0 aliphatic rings. The molecule has 4 aromatic rings.